The molecule has 3 nitrogen and oxygen atoms in total. The topological polar surface area (TPSA) is 33.6 Å². The zero-order valence-electron chi connectivity index (χ0n) is 11.7. The summed E-state index contributed by atoms with van der Waals surface area (Å²) in [5.74, 6) is -0.297. The van der Waals surface area contributed by atoms with Crippen LogP contribution in [0.2, 0.25) is 0 Å². The maximum atomic E-state index is 13.9. The molecular weight excluding hydrogens is 373 g/mol. The largest absolute Gasteiger partial charge is 0.331 e. The van der Waals surface area contributed by atoms with E-state index in [9.17, 15) is 4.39 Å². The minimum Gasteiger partial charge on any atom is -0.331 e. The predicted octanol–water partition coefficient (Wildman–Crippen LogP) is 5.28. The minimum absolute atomic E-state index is 0.0121. The van der Waals surface area contributed by atoms with Crippen molar-refractivity contribution in [2.45, 2.75) is 26.8 Å². The Morgan fingerprint density at radius 2 is 2.14 bits per heavy atom. The van der Waals surface area contributed by atoms with Crippen LogP contribution in [0.1, 0.15) is 28.5 Å². The van der Waals surface area contributed by atoms with Crippen LogP contribution < -0.4 is 0 Å². The maximum absolute atomic E-state index is 13.9. The van der Waals surface area contributed by atoms with Gasteiger partial charge >= 0.3 is 0 Å². The predicted molar refractivity (Wildman–Crippen MR) is 90.2 cm³/mol. The first kappa shape index (κ1) is 14.9. The molecule has 0 aliphatic carbocycles. The molecule has 2 aromatic heterocycles. The molecule has 0 amide bonds. The van der Waals surface area contributed by atoms with Crippen LogP contribution in [0.3, 0.4) is 0 Å². The lowest BCUT2D eigenvalue weighted by molar-refractivity contribution is 0.617. The van der Waals surface area contributed by atoms with Gasteiger partial charge in [0.1, 0.15) is 5.82 Å². The van der Waals surface area contributed by atoms with Crippen molar-refractivity contribution in [1.29, 1.82) is 0 Å². The Kier molecular flexibility index (Phi) is 3.75. The number of thiazole rings is 1. The van der Waals surface area contributed by atoms with E-state index >= 15 is 0 Å². The summed E-state index contributed by atoms with van der Waals surface area (Å²) in [6.45, 7) is 6.03. The summed E-state index contributed by atoms with van der Waals surface area (Å²) in [6, 6.07) is 3.23. The van der Waals surface area contributed by atoms with Crippen LogP contribution in [0, 0.1) is 24.4 Å². The van der Waals surface area contributed by atoms with E-state index < -0.39 is 0 Å². The van der Waals surface area contributed by atoms with Gasteiger partial charge < -0.3 is 9.55 Å². The third-order valence-corrected chi connectivity index (χ3v) is 5.61. The number of imidazole rings is 1. The fraction of sp³-hybridized carbons (Fsp3) is 0.286. The summed E-state index contributed by atoms with van der Waals surface area (Å²) >= 11 is 10.3. The molecule has 3 aromatic rings. The molecule has 0 bridgehead atoms. The molecule has 0 radical (unpaired) electrons. The van der Waals surface area contributed by atoms with Crippen LogP contribution >= 0.6 is 39.5 Å². The van der Waals surface area contributed by atoms with Gasteiger partial charge in [0.25, 0.3) is 0 Å². The Morgan fingerprint density at radius 3 is 2.76 bits per heavy atom. The maximum Gasteiger partial charge on any atom is 0.178 e. The number of H-pyrrole nitrogens is 1. The molecule has 1 N–H and O–H groups in total. The Hall–Kier alpha value is -1.05. The standard InChI is InChI=1S/C14H13BrFN3S2/c1-6-13(21-8(3)17-6)7(2)19-12-5-10(16)9(15)4-11(12)18-14(19)20/h4-5,7H,1-3H3,(H,18,20). The molecular formula is C14H13BrFN3S2. The van der Waals surface area contributed by atoms with Gasteiger partial charge in [-0.05, 0) is 55.0 Å². The highest BCUT2D eigenvalue weighted by Gasteiger charge is 2.19. The van der Waals surface area contributed by atoms with Crippen molar-refractivity contribution in [3.63, 3.8) is 0 Å². The van der Waals surface area contributed by atoms with E-state index in [1.807, 2.05) is 18.4 Å². The van der Waals surface area contributed by atoms with Crippen molar-refractivity contribution in [1.82, 2.24) is 14.5 Å². The number of hydrogen-bond donors (Lipinski definition) is 1. The van der Waals surface area contributed by atoms with Crippen molar-refractivity contribution >= 4 is 50.5 Å². The van der Waals surface area contributed by atoms with Gasteiger partial charge in [-0.15, -0.1) is 11.3 Å². The number of aryl methyl sites for hydroxylation is 2. The lowest BCUT2D eigenvalue weighted by atomic mass is 10.2. The van der Waals surface area contributed by atoms with Gasteiger partial charge in [-0.2, -0.15) is 0 Å². The Labute approximate surface area is 139 Å². The number of halogens is 2. The van der Waals surface area contributed by atoms with Gasteiger partial charge in [0.05, 0.1) is 37.1 Å². The van der Waals surface area contributed by atoms with Gasteiger partial charge in [0.15, 0.2) is 4.77 Å². The highest BCUT2D eigenvalue weighted by Crippen LogP contribution is 2.32. The number of nitrogens with zero attached hydrogens (tertiary/aromatic N) is 2. The molecule has 1 atom stereocenters. The van der Waals surface area contributed by atoms with E-state index in [2.05, 4.69) is 32.8 Å². The second-order valence-corrected chi connectivity index (χ2v) is 7.42. The first-order chi connectivity index (χ1) is 9.88. The second kappa shape index (κ2) is 5.30. The van der Waals surface area contributed by atoms with E-state index in [4.69, 9.17) is 12.2 Å². The number of hydrogen-bond acceptors (Lipinski definition) is 3. The van der Waals surface area contributed by atoms with E-state index in [1.54, 1.807) is 17.4 Å². The molecule has 1 aromatic carbocycles. The smallest absolute Gasteiger partial charge is 0.178 e. The van der Waals surface area contributed by atoms with Crippen LogP contribution in [-0.4, -0.2) is 14.5 Å². The summed E-state index contributed by atoms with van der Waals surface area (Å²) in [5.41, 5.74) is 2.58. The average Bonchev–Trinajstić information content (AvgIpc) is 2.89. The summed E-state index contributed by atoms with van der Waals surface area (Å²) in [7, 11) is 0. The van der Waals surface area contributed by atoms with Crippen LogP contribution in [0.15, 0.2) is 16.6 Å². The van der Waals surface area contributed by atoms with E-state index in [0.29, 0.717) is 9.24 Å². The Morgan fingerprint density at radius 1 is 1.43 bits per heavy atom. The number of aromatic amines is 1. The van der Waals surface area contributed by atoms with Crippen molar-refractivity contribution in [2.24, 2.45) is 0 Å². The fourth-order valence-electron chi connectivity index (χ4n) is 2.56. The summed E-state index contributed by atoms with van der Waals surface area (Å²) in [6.07, 6.45) is 0. The summed E-state index contributed by atoms with van der Waals surface area (Å²) in [4.78, 5) is 8.75. The summed E-state index contributed by atoms with van der Waals surface area (Å²) < 4.78 is 16.8. The van der Waals surface area contributed by atoms with E-state index in [0.717, 1.165) is 26.6 Å². The highest BCUT2D eigenvalue weighted by molar-refractivity contribution is 9.10. The van der Waals surface area contributed by atoms with Crippen molar-refractivity contribution < 1.29 is 4.39 Å². The molecule has 0 saturated carbocycles. The molecule has 7 heteroatoms. The number of aromatic nitrogens is 3. The molecule has 0 aliphatic rings. The Bertz CT molecular complexity index is 894. The van der Waals surface area contributed by atoms with Gasteiger partial charge in [0, 0.05) is 6.07 Å². The number of benzene rings is 1. The van der Waals surface area contributed by atoms with Gasteiger partial charge in [-0.25, -0.2) is 9.37 Å². The number of rotatable bonds is 2. The van der Waals surface area contributed by atoms with Crippen molar-refractivity contribution in [3.05, 3.63) is 42.8 Å². The van der Waals surface area contributed by atoms with Gasteiger partial charge in [-0.3, -0.25) is 0 Å². The molecule has 0 fully saturated rings. The van der Waals surface area contributed by atoms with Crippen LogP contribution in [0.25, 0.3) is 11.0 Å². The lowest BCUT2D eigenvalue weighted by Gasteiger charge is -2.13. The van der Waals surface area contributed by atoms with Crippen LogP contribution in [0.5, 0.6) is 0 Å². The SMILES string of the molecule is Cc1nc(C)c(C(C)n2c(=S)[nH]c3cc(Br)c(F)cc32)s1. The quantitative estimate of drug-likeness (QED) is 0.608. The summed E-state index contributed by atoms with van der Waals surface area (Å²) in [5, 5.41) is 1.02. The third-order valence-electron chi connectivity index (χ3n) is 3.46. The molecule has 2 heterocycles. The van der Waals surface area contributed by atoms with Crippen molar-refractivity contribution in [2.75, 3.05) is 0 Å². The fourth-order valence-corrected chi connectivity index (χ4v) is 4.24. The van der Waals surface area contributed by atoms with E-state index in [-0.39, 0.29) is 11.9 Å². The Balaban J connectivity index is 2.24. The molecule has 110 valence electrons. The zero-order chi connectivity index (χ0) is 15.3. The molecule has 3 rings (SSSR count). The lowest BCUT2D eigenvalue weighted by Crippen LogP contribution is -2.06. The van der Waals surface area contributed by atoms with E-state index in [1.165, 1.54) is 6.07 Å². The molecule has 0 aliphatic heterocycles. The number of fused-ring (bicyclic) bond motifs is 1. The van der Waals surface area contributed by atoms with Crippen LogP contribution in [-0.2, 0) is 0 Å². The normalized spacial score (nSPS) is 13.0. The minimum atomic E-state index is -0.297. The monoisotopic (exact) mass is 385 g/mol. The first-order valence-electron chi connectivity index (χ1n) is 6.41. The molecule has 1 unspecified atom stereocenters. The first-order valence-corrected chi connectivity index (χ1v) is 8.43. The highest BCUT2D eigenvalue weighted by atomic mass is 79.9. The van der Waals surface area contributed by atoms with Crippen LogP contribution in [0.4, 0.5) is 4.39 Å². The van der Waals surface area contributed by atoms with Crippen molar-refractivity contribution in [3.8, 4) is 0 Å². The molecule has 0 spiro atoms. The van der Waals surface area contributed by atoms with Gasteiger partial charge in [0.2, 0.25) is 0 Å². The number of nitrogens with one attached hydrogen (secondary N) is 1. The second-order valence-electron chi connectivity index (χ2n) is 4.94. The molecule has 0 saturated heterocycles. The average molecular weight is 386 g/mol. The zero-order valence-corrected chi connectivity index (χ0v) is 14.9. The third kappa shape index (κ3) is 2.47. The van der Waals surface area contributed by atoms with Gasteiger partial charge in [-0.1, -0.05) is 0 Å². The molecule has 21 heavy (non-hydrogen) atoms.